The van der Waals surface area contributed by atoms with Crippen molar-refractivity contribution in [3.05, 3.63) is 0 Å². The molecule has 1 aliphatic heterocycles. The van der Waals surface area contributed by atoms with E-state index in [1.54, 1.807) is 6.92 Å². The van der Waals surface area contributed by atoms with Crippen LogP contribution in [0.2, 0.25) is 0 Å². The molecule has 4 nitrogen and oxygen atoms in total. The van der Waals surface area contributed by atoms with Gasteiger partial charge in [-0.15, -0.1) is 0 Å². The molecule has 110 valence electrons. The van der Waals surface area contributed by atoms with E-state index in [4.69, 9.17) is 17.0 Å². The molecule has 0 aromatic carbocycles. The number of hydrogen-bond donors (Lipinski definition) is 1. The number of likely N-dealkylation sites (tertiary alicyclic amines) is 1. The first-order valence-corrected chi connectivity index (χ1v) is 7.53. The molecule has 1 saturated heterocycles. The summed E-state index contributed by atoms with van der Waals surface area (Å²) in [5.74, 6) is 0.153. The number of nitrogens with zero attached hydrogens (tertiary/aromatic N) is 1. The van der Waals surface area contributed by atoms with Crippen molar-refractivity contribution in [1.29, 1.82) is 0 Å². The maximum absolute atomic E-state index is 12.0. The predicted octanol–water partition coefficient (Wildman–Crippen LogP) is 2.14. The zero-order chi connectivity index (χ0) is 14.4. The highest BCUT2D eigenvalue weighted by Gasteiger charge is 2.33. The van der Waals surface area contributed by atoms with Crippen molar-refractivity contribution in [3.8, 4) is 0 Å². The minimum atomic E-state index is -0.648. The van der Waals surface area contributed by atoms with Gasteiger partial charge in [-0.25, -0.2) is 4.79 Å². The van der Waals surface area contributed by atoms with Crippen molar-refractivity contribution in [1.82, 2.24) is 4.90 Å². The predicted molar refractivity (Wildman–Crippen MR) is 79.0 cm³/mol. The van der Waals surface area contributed by atoms with Gasteiger partial charge in [0.15, 0.2) is 0 Å². The quantitative estimate of drug-likeness (QED) is 0.620. The molecule has 0 amide bonds. The maximum Gasteiger partial charge on any atom is 0.328 e. The maximum atomic E-state index is 12.0. The highest BCUT2D eigenvalue weighted by molar-refractivity contribution is 7.80. The van der Waals surface area contributed by atoms with Crippen LogP contribution >= 0.6 is 12.2 Å². The van der Waals surface area contributed by atoms with E-state index in [2.05, 4.69) is 0 Å². The number of hydrogen-bond acceptors (Lipinski definition) is 4. The van der Waals surface area contributed by atoms with Crippen LogP contribution in [0.25, 0.3) is 0 Å². The van der Waals surface area contributed by atoms with E-state index >= 15 is 0 Å². The van der Waals surface area contributed by atoms with Gasteiger partial charge in [-0.3, -0.25) is 0 Å². The zero-order valence-electron chi connectivity index (χ0n) is 12.1. The number of piperidine rings is 1. The molecule has 1 rings (SSSR count). The molecular weight excluding hydrogens is 262 g/mol. The van der Waals surface area contributed by atoms with E-state index < -0.39 is 6.10 Å². The average Bonchev–Trinajstić information content (AvgIpc) is 2.37. The summed E-state index contributed by atoms with van der Waals surface area (Å²) in [5.41, 5.74) is 0. The van der Waals surface area contributed by atoms with E-state index in [0.717, 1.165) is 25.8 Å². The van der Waals surface area contributed by atoms with E-state index in [0.29, 0.717) is 23.9 Å². The van der Waals surface area contributed by atoms with Crippen molar-refractivity contribution in [2.75, 3.05) is 13.2 Å². The first-order valence-electron chi connectivity index (χ1n) is 7.12. The smallest absolute Gasteiger partial charge is 0.328 e. The normalized spacial score (nSPS) is 21.3. The van der Waals surface area contributed by atoms with Crippen LogP contribution in [-0.2, 0) is 9.53 Å². The zero-order valence-corrected chi connectivity index (χ0v) is 12.9. The van der Waals surface area contributed by atoms with Crippen LogP contribution in [0.4, 0.5) is 0 Å². The Morgan fingerprint density at radius 2 is 2.16 bits per heavy atom. The minimum absolute atomic E-state index is 0.221. The molecule has 1 aliphatic rings. The molecule has 5 heteroatoms. The van der Waals surface area contributed by atoms with Crippen LogP contribution < -0.4 is 0 Å². The second-order valence-electron chi connectivity index (χ2n) is 5.44. The fraction of sp³-hybridized carbons (Fsp3) is 0.857. The lowest BCUT2D eigenvalue weighted by molar-refractivity contribution is -0.149. The standard InChI is InChI=1S/C14H25NO3S/c1-4-18-14(17)11-7-5-6-8-15(11)13(19)12(16)9-10(2)3/h10-12,16H,4-9H2,1-3H3. The summed E-state index contributed by atoms with van der Waals surface area (Å²) in [6.07, 6.45) is 2.75. The van der Waals surface area contributed by atoms with Crippen molar-refractivity contribution in [3.63, 3.8) is 0 Å². The van der Waals surface area contributed by atoms with Gasteiger partial charge in [-0.2, -0.15) is 0 Å². The van der Waals surface area contributed by atoms with E-state index in [1.165, 1.54) is 0 Å². The summed E-state index contributed by atoms with van der Waals surface area (Å²) in [6.45, 7) is 7.01. The summed E-state index contributed by atoms with van der Waals surface area (Å²) in [4.78, 5) is 14.3. The van der Waals surface area contributed by atoms with Gasteiger partial charge in [0.2, 0.25) is 0 Å². The lowest BCUT2D eigenvalue weighted by Gasteiger charge is -2.37. The topological polar surface area (TPSA) is 49.8 Å². The summed E-state index contributed by atoms with van der Waals surface area (Å²) in [6, 6.07) is -0.317. The third-order valence-corrected chi connectivity index (χ3v) is 3.83. The second kappa shape index (κ2) is 7.80. The van der Waals surface area contributed by atoms with Crippen molar-refractivity contribution >= 4 is 23.2 Å². The van der Waals surface area contributed by atoms with Crippen LogP contribution in [0.3, 0.4) is 0 Å². The summed E-state index contributed by atoms with van der Waals surface area (Å²) < 4.78 is 5.10. The first-order chi connectivity index (χ1) is 8.97. The molecule has 0 saturated carbocycles. The number of thiocarbonyl (C=S) groups is 1. The molecule has 0 spiro atoms. The Bertz CT molecular complexity index is 320. The summed E-state index contributed by atoms with van der Waals surface area (Å²) in [7, 11) is 0. The monoisotopic (exact) mass is 287 g/mol. The molecular formula is C14H25NO3S. The fourth-order valence-corrected chi connectivity index (χ4v) is 2.73. The van der Waals surface area contributed by atoms with Crippen molar-refractivity contribution < 1.29 is 14.6 Å². The molecule has 0 radical (unpaired) electrons. The molecule has 2 atom stereocenters. The van der Waals surface area contributed by atoms with E-state index in [1.807, 2.05) is 18.7 Å². The van der Waals surface area contributed by atoms with Crippen LogP contribution in [0.1, 0.15) is 46.5 Å². The van der Waals surface area contributed by atoms with Gasteiger partial charge in [0.05, 0.1) is 6.61 Å². The fourth-order valence-electron chi connectivity index (χ4n) is 2.42. The third-order valence-electron chi connectivity index (χ3n) is 3.32. The van der Waals surface area contributed by atoms with Crippen molar-refractivity contribution in [2.45, 2.75) is 58.6 Å². The number of carbonyl (C=O) groups is 1. The molecule has 1 fully saturated rings. The Hall–Kier alpha value is -0.680. The average molecular weight is 287 g/mol. The number of carbonyl (C=O) groups excluding carboxylic acids is 1. The Labute approximate surface area is 121 Å². The lowest BCUT2D eigenvalue weighted by atomic mass is 9.99. The highest BCUT2D eigenvalue weighted by Crippen LogP contribution is 2.21. The molecule has 0 aromatic heterocycles. The highest BCUT2D eigenvalue weighted by atomic mass is 32.1. The van der Waals surface area contributed by atoms with Gasteiger partial charge in [0.1, 0.15) is 17.1 Å². The Morgan fingerprint density at radius 1 is 1.47 bits per heavy atom. The first kappa shape index (κ1) is 16.4. The Balaban J connectivity index is 2.70. The van der Waals surface area contributed by atoms with Crippen molar-refractivity contribution in [2.24, 2.45) is 5.92 Å². The number of rotatable bonds is 5. The van der Waals surface area contributed by atoms with Gasteiger partial charge in [0, 0.05) is 6.54 Å². The van der Waals surface area contributed by atoms with Gasteiger partial charge < -0.3 is 14.7 Å². The molecule has 0 aliphatic carbocycles. The summed E-state index contributed by atoms with van der Waals surface area (Å²) >= 11 is 5.36. The summed E-state index contributed by atoms with van der Waals surface area (Å²) in [5, 5.41) is 10.1. The van der Waals surface area contributed by atoms with Gasteiger partial charge in [0.25, 0.3) is 0 Å². The molecule has 0 bridgehead atoms. The lowest BCUT2D eigenvalue weighted by Crippen LogP contribution is -2.51. The van der Waals surface area contributed by atoms with Crippen LogP contribution in [-0.4, -0.2) is 46.3 Å². The Kier molecular flexibility index (Phi) is 6.72. The van der Waals surface area contributed by atoms with Crippen LogP contribution in [0.15, 0.2) is 0 Å². The van der Waals surface area contributed by atoms with Crippen LogP contribution in [0.5, 0.6) is 0 Å². The minimum Gasteiger partial charge on any atom is -0.464 e. The molecule has 1 heterocycles. The molecule has 19 heavy (non-hydrogen) atoms. The number of ether oxygens (including phenoxy) is 1. The van der Waals surface area contributed by atoms with Gasteiger partial charge >= 0.3 is 5.97 Å². The van der Waals surface area contributed by atoms with E-state index in [9.17, 15) is 9.90 Å². The molecule has 1 N–H and O–H groups in total. The van der Waals surface area contributed by atoms with Gasteiger partial charge in [-0.1, -0.05) is 26.1 Å². The second-order valence-corrected chi connectivity index (χ2v) is 5.86. The largest absolute Gasteiger partial charge is 0.464 e. The Morgan fingerprint density at radius 3 is 2.74 bits per heavy atom. The number of aliphatic hydroxyl groups is 1. The SMILES string of the molecule is CCOC(=O)C1CCCCN1C(=S)C(O)CC(C)C. The number of esters is 1. The van der Waals surface area contributed by atoms with E-state index in [-0.39, 0.29) is 12.0 Å². The number of aliphatic hydroxyl groups excluding tert-OH is 1. The molecule has 2 unspecified atom stereocenters. The van der Waals surface area contributed by atoms with Gasteiger partial charge in [-0.05, 0) is 38.5 Å². The van der Waals surface area contributed by atoms with Crippen LogP contribution in [0, 0.1) is 5.92 Å². The molecule has 0 aromatic rings. The third kappa shape index (κ3) is 4.73.